The molecule has 1 aromatic carbocycles. The number of ether oxygens (including phenoxy) is 1. The van der Waals surface area contributed by atoms with E-state index in [9.17, 15) is 4.79 Å². The smallest absolute Gasteiger partial charge is 0.251 e. The second-order valence-corrected chi connectivity index (χ2v) is 5.67. The number of carbonyl (C=O) groups is 1. The lowest BCUT2D eigenvalue weighted by molar-refractivity contribution is -0.122. The summed E-state index contributed by atoms with van der Waals surface area (Å²) in [5.41, 5.74) is 3.31. The van der Waals surface area contributed by atoms with Gasteiger partial charge in [-0.05, 0) is 36.6 Å². The highest BCUT2D eigenvalue weighted by molar-refractivity contribution is 5.82. The van der Waals surface area contributed by atoms with Crippen LogP contribution in [0.25, 0.3) is 5.69 Å². The van der Waals surface area contributed by atoms with E-state index < -0.39 is 0 Å². The monoisotopic (exact) mass is 283 g/mol. The van der Waals surface area contributed by atoms with Crippen LogP contribution in [0.3, 0.4) is 0 Å². The first-order valence-corrected chi connectivity index (χ1v) is 7.34. The van der Waals surface area contributed by atoms with Crippen LogP contribution in [0, 0.1) is 0 Å². The molecule has 5 nitrogen and oxygen atoms in total. The minimum absolute atomic E-state index is 0.0276. The van der Waals surface area contributed by atoms with Crippen molar-refractivity contribution in [2.24, 2.45) is 0 Å². The van der Waals surface area contributed by atoms with E-state index in [0.717, 1.165) is 11.3 Å². The van der Waals surface area contributed by atoms with Gasteiger partial charge in [-0.2, -0.15) is 5.10 Å². The summed E-state index contributed by atoms with van der Waals surface area (Å²) in [4.78, 5) is 11.5. The molecule has 0 bridgehead atoms. The van der Waals surface area contributed by atoms with Crippen molar-refractivity contribution in [1.82, 2.24) is 15.1 Å². The number of amides is 1. The average molecular weight is 283 g/mol. The molecule has 1 aromatic heterocycles. The molecule has 1 unspecified atom stereocenters. The molecule has 0 radical (unpaired) electrons. The van der Waals surface area contributed by atoms with Gasteiger partial charge in [-0.15, -0.1) is 0 Å². The standard InChI is InChI=1S/C16H17N3O2/c20-16(15-10-21-15)17-9-11-1-5-13(6-2-11)19-8-7-14(18-19)12-3-4-12/h1-2,5-8,12,15H,3-4,9-10H2,(H,17,20). The van der Waals surface area contributed by atoms with Crippen LogP contribution in [-0.2, 0) is 16.1 Å². The molecular weight excluding hydrogens is 266 g/mol. The summed E-state index contributed by atoms with van der Waals surface area (Å²) < 4.78 is 6.85. The lowest BCUT2D eigenvalue weighted by Gasteiger charge is -2.05. The predicted octanol–water partition coefficient (Wildman–Crippen LogP) is 1.76. The Balaban J connectivity index is 1.41. The van der Waals surface area contributed by atoms with Crippen LogP contribution in [0.1, 0.15) is 30.0 Å². The van der Waals surface area contributed by atoms with Crippen molar-refractivity contribution >= 4 is 5.91 Å². The summed E-state index contributed by atoms with van der Waals surface area (Å²) >= 11 is 0. The fraction of sp³-hybridized carbons (Fsp3) is 0.375. The molecule has 2 fully saturated rings. The van der Waals surface area contributed by atoms with Crippen molar-refractivity contribution < 1.29 is 9.53 Å². The zero-order valence-electron chi connectivity index (χ0n) is 11.7. The first-order chi connectivity index (χ1) is 10.3. The second kappa shape index (κ2) is 5.00. The average Bonchev–Trinajstić information content (AvgIpc) is 3.44. The van der Waals surface area contributed by atoms with Crippen LogP contribution < -0.4 is 5.32 Å². The summed E-state index contributed by atoms with van der Waals surface area (Å²) in [7, 11) is 0. The van der Waals surface area contributed by atoms with Crippen molar-refractivity contribution in [2.45, 2.75) is 31.4 Å². The molecule has 1 aliphatic heterocycles. The third kappa shape index (κ3) is 2.83. The molecule has 21 heavy (non-hydrogen) atoms. The van der Waals surface area contributed by atoms with Gasteiger partial charge in [-0.1, -0.05) is 12.1 Å². The number of hydrogen-bond donors (Lipinski definition) is 1. The van der Waals surface area contributed by atoms with Crippen molar-refractivity contribution in [1.29, 1.82) is 0 Å². The first-order valence-electron chi connectivity index (χ1n) is 7.34. The van der Waals surface area contributed by atoms with Crippen LogP contribution in [-0.4, -0.2) is 28.4 Å². The fourth-order valence-electron chi connectivity index (χ4n) is 2.35. The van der Waals surface area contributed by atoms with Gasteiger partial charge in [0, 0.05) is 18.7 Å². The van der Waals surface area contributed by atoms with E-state index in [1.807, 2.05) is 35.1 Å². The number of epoxide rings is 1. The number of aromatic nitrogens is 2. The minimum atomic E-state index is -0.228. The second-order valence-electron chi connectivity index (χ2n) is 5.67. The van der Waals surface area contributed by atoms with E-state index in [-0.39, 0.29) is 12.0 Å². The zero-order chi connectivity index (χ0) is 14.2. The molecule has 2 aliphatic rings. The molecule has 1 saturated carbocycles. The van der Waals surface area contributed by atoms with Gasteiger partial charge < -0.3 is 10.1 Å². The Labute approximate surface area is 122 Å². The highest BCUT2D eigenvalue weighted by atomic mass is 16.6. The number of nitrogens with one attached hydrogen (secondary N) is 1. The summed E-state index contributed by atoms with van der Waals surface area (Å²) in [6.45, 7) is 1.08. The quantitative estimate of drug-likeness (QED) is 0.851. The van der Waals surface area contributed by atoms with E-state index in [1.54, 1.807) is 0 Å². The Morgan fingerprint density at radius 3 is 2.71 bits per heavy atom. The third-order valence-corrected chi connectivity index (χ3v) is 3.90. The molecule has 1 atom stereocenters. The van der Waals surface area contributed by atoms with Crippen molar-refractivity contribution in [3.8, 4) is 5.69 Å². The lowest BCUT2D eigenvalue weighted by atomic mass is 10.2. The number of nitrogens with zero attached hydrogens (tertiary/aromatic N) is 2. The first kappa shape index (κ1) is 12.6. The van der Waals surface area contributed by atoms with Crippen LogP contribution in [0.4, 0.5) is 0 Å². The van der Waals surface area contributed by atoms with Crippen LogP contribution in [0.15, 0.2) is 36.5 Å². The van der Waals surface area contributed by atoms with Gasteiger partial charge in [0.2, 0.25) is 0 Å². The summed E-state index contributed by atoms with van der Waals surface area (Å²) in [5, 5.41) is 7.47. The van der Waals surface area contributed by atoms with Gasteiger partial charge >= 0.3 is 0 Å². The maximum atomic E-state index is 11.5. The number of benzene rings is 1. The Hall–Kier alpha value is -2.14. The Kier molecular flexibility index (Phi) is 3.00. The van der Waals surface area contributed by atoms with Crippen LogP contribution in [0.2, 0.25) is 0 Å². The van der Waals surface area contributed by atoms with E-state index in [0.29, 0.717) is 19.1 Å². The van der Waals surface area contributed by atoms with Gasteiger partial charge in [-0.3, -0.25) is 4.79 Å². The molecule has 4 rings (SSSR count). The van der Waals surface area contributed by atoms with E-state index in [2.05, 4.69) is 16.5 Å². The van der Waals surface area contributed by atoms with Crippen LogP contribution >= 0.6 is 0 Å². The van der Waals surface area contributed by atoms with Crippen LogP contribution in [0.5, 0.6) is 0 Å². The molecule has 0 spiro atoms. The molecule has 1 saturated heterocycles. The molecule has 2 aromatic rings. The number of rotatable bonds is 5. The SMILES string of the molecule is O=C(NCc1ccc(-n2ccc(C3CC3)n2)cc1)C1CO1. The van der Waals surface area contributed by atoms with Crippen molar-refractivity contribution in [3.05, 3.63) is 47.8 Å². The van der Waals surface area contributed by atoms with Gasteiger partial charge in [0.05, 0.1) is 18.0 Å². The van der Waals surface area contributed by atoms with Crippen molar-refractivity contribution in [2.75, 3.05) is 6.61 Å². The largest absolute Gasteiger partial charge is 0.363 e. The highest BCUT2D eigenvalue weighted by Gasteiger charge is 2.30. The van der Waals surface area contributed by atoms with E-state index in [4.69, 9.17) is 4.74 Å². The van der Waals surface area contributed by atoms with Gasteiger partial charge in [-0.25, -0.2) is 4.68 Å². The molecule has 1 aliphatic carbocycles. The summed E-state index contributed by atoms with van der Waals surface area (Å²) in [5.74, 6) is 0.644. The van der Waals surface area contributed by atoms with Gasteiger partial charge in [0.1, 0.15) is 0 Å². The summed E-state index contributed by atoms with van der Waals surface area (Å²) in [6.07, 6.45) is 4.31. The van der Waals surface area contributed by atoms with Crippen molar-refractivity contribution in [3.63, 3.8) is 0 Å². The molecule has 108 valence electrons. The number of hydrogen-bond acceptors (Lipinski definition) is 3. The number of carbonyl (C=O) groups excluding carboxylic acids is 1. The van der Waals surface area contributed by atoms with Gasteiger partial charge in [0.25, 0.3) is 5.91 Å². The fourth-order valence-corrected chi connectivity index (χ4v) is 2.35. The predicted molar refractivity (Wildman–Crippen MR) is 77.1 cm³/mol. The highest BCUT2D eigenvalue weighted by Crippen LogP contribution is 2.39. The Morgan fingerprint density at radius 1 is 1.29 bits per heavy atom. The maximum Gasteiger partial charge on any atom is 0.251 e. The lowest BCUT2D eigenvalue weighted by Crippen LogP contribution is -2.27. The normalized spacial score (nSPS) is 20.3. The summed E-state index contributed by atoms with van der Waals surface area (Å²) in [6, 6.07) is 10.2. The molecule has 5 heteroatoms. The third-order valence-electron chi connectivity index (χ3n) is 3.90. The Bertz CT molecular complexity index is 654. The minimum Gasteiger partial charge on any atom is -0.363 e. The molecule has 1 amide bonds. The van der Waals surface area contributed by atoms with Gasteiger partial charge in [0.15, 0.2) is 6.10 Å². The zero-order valence-corrected chi connectivity index (χ0v) is 11.7. The van der Waals surface area contributed by atoms with E-state index in [1.165, 1.54) is 18.5 Å². The molecule has 2 heterocycles. The Morgan fingerprint density at radius 2 is 2.05 bits per heavy atom. The maximum absolute atomic E-state index is 11.5. The molecular formula is C16H17N3O2. The topological polar surface area (TPSA) is 59.5 Å². The molecule has 1 N–H and O–H groups in total. The van der Waals surface area contributed by atoms with E-state index >= 15 is 0 Å².